The van der Waals surface area contributed by atoms with Crippen LogP contribution in [0.15, 0.2) is 401 Å². The molecule has 132 heavy (non-hydrogen) atoms. The number of hydrogen-bond acceptors (Lipinski definition) is 12. The van der Waals surface area contributed by atoms with E-state index in [1.807, 2.05) is 196 Å². The smallest absolute Gasteiger partial charge is 0.330 e. The highest BCUT2D eigenvalue weighted by Crippen LogP contribution is 2.66. The summed E-state index contributed by atoms with van der Waals surface area (Å²) in [5.41, 5.74) is 31.7. The zero-order chi connectivity index (χ0) is 89.4. The van der Waals surface area contributed by atoms with Crippen molar-refractivity contribution in [3.8, 4) is 158 Å². The highest BCUT2D eigenvalue weighted by Gasteiger charge is 2.54. The Kier molecular flexibility index (Phi) is 20.4. The van der Waals surface area contributed by atoms with Gasteiger partial charge in [0.2, 0.25) is 5.28 Å². The molecule has 0 amide bonds. The number of halogens is 1. The maximum atomic E-state index is 10.8. The SMILES string of the molecule is CC(C)(O)C(C)(C)O[B]c1ccc2c(c1)C1(c3cc(-c4ccc(C#N)cc4)ccc3-2)c2ccccc2-c2c1ccc1ccccc21.Clc1nc(-c2ccccc2)nc(-c2cccc(-c3ccccn3)c2)n1.N#Cc1ccc(-c2ccc3c(c2)C2(c4cc(-c5nc(-c6ccccc6)nc(-c6cccc(-c7ccccn7)c6)n5)ccc4-3)c3ccccc3-c3c2ccc2ccccc32)cc1. The zero-order valence-electron chi connectivity index (χ0n) is 72.4. The van der Waals surface area contributed by atoms with Gasteiger partial charge in [0.05, 0.1) is 56.7 Å². The third kappa shape index (κ3) is 14.0. The van der Waals surface area contributed by atoms with Crippen LogP contribution in [0.2, 0.25) is 5.28 Å². The van der Waals surface area contributed by atoms with E-state index >= 15 is 0 Å². The second kappa shape index (κ2) is 33.0. The lowest BCUT2D eigenvalue weighted by Crippen LogP contribution is -2.49. The van der Waals surface area contributed by atoms with Gasteiger partial charge in [-0.05, 0) is 251 Å². The third-order valence-corrected chi connectivity index (χ3v) is 26.7. The molecular formula is C118H79BClN10O2. The van der Waals surface area contributed by atoms with E-state index in [-0.39, 0.29) is 5.28 Å². The van der Waals surface area contributed by atoms with E-state index in [1.54, 1.807) is 27.5 Å². The van der Waals surface area contributed by atoms with Crippen molar-refractivity contribution in [2.45, 2.75) is 49.7 Å². The van der Waals surface area contributed by atoms with Crippen LogP contribution in [-0.2, 0) is 15.5 Å². The Bertz CT molecular complexity index is 8080. The highest BCUT2D eigenvalue weighted by molar-refractivity contribution is 6.47. The van der Waals surface area contributed by atoms with Gasteiger partial charge < -0.3 is 9.76 Å². The molecular weight excluding hydrogens is 1640 g/mol. The average Bonchev–Trinajstić information content (AvgIpc) is 1.50. The Morgan fingerprint density at radius 3 is 1.10 bits per heavy atom. The summed E-state index contributed by atoms with van der Waals surface area (Å²) in [4.78, 5) is 37.7. The Morgan fingerprint density at radius 2 is 0.652 bits per heavy atom. The van der Waals surface area contributed by atoms with Gasteiger partial charge in [-0.2, -0.15) is 20.5 Å². The molecule has 4 aliphatic carbocycles. The summed E-state index contributed by atoms with van der Waals surface area (Å²) in [6.07, 6.45) is 3.59. The molecule has 2 unspecified atom stereocenters. The molecule has 14 heteroatoms. The first-order chi connectivity index (χ1) is 64.6. The number of hydrogen-bond donors (Lipinski definition) is 1. The molecule has 12 nitrogen and oxygen atoms in total. The van der Waals surface area contributed by atoms with Crippen molar-refractivity contribution in [2.24, 2.45) is 0 Å². The first-order valence-electron chi connectivity index (χ1n) is 44.0. The summed E-state index contributed by atoms with van der Waals surface area (Å²) in [6, 6.07) is 139. The van der Waals surface area contributed by atoms with Crippen LogP contribution in [0, 0.1) is 22.7 Å². The molecule has 0 fully saturated rings. The standard InChI is InChI=1S/C56H33N5.C42H33BNO2.C20H13ClN4/c57-34-35-20-22-36(23-21-35)39-24-27-44-45-28-25-42(33-50(45)56(49(44)32-39)47-18-7-6-17-46(47)52-43-16-5-4-11-37(43)26-29-48(52)56)55-60-53(38-12-2-1-3-13-38)59-54(61-55)41-15-10-14-40(31-41)51-19-8-9-30-58-51;1-40(2,45)41(3,4)46-43-30-19-21-33-32-20-17-29(27-15-13-26(25-44)14-16-27)23-37(32)42(38(33)24-30)35-12-8-7-11-34(35)39-31-10-6-5-9-28(31)18-22-36(39)42;21-20-24-18(14-7-2-1-3-8-14)23-19(25-20)16-10-6-9-15(13-16)17-11-4-5-12-22-17/h1-33H;5-24,45H,1-4H3;1-13H. The molecule has 4 aliphatic rings. The first-order valence-corrected chi connectivity index (χ1v) is 44.4. The molecule has 1 N–H and O–H groups in total. The summed E-state index contributed by atoms with van der Waals surface area (Å²) in [7, 11) is 1.79. The summed E-state index contributed by atoms with van der Waals surface area (Å²) in [5, 5.41) is 34.8. The fraction of sp³-hybridized carbons (Fsp3) is 0.0678. The minimum absolute atomic E-state index is 0.173. The maximum absolute atomic E-state index is 10.8. The molecule has 20 aromatic rings. The van der Waals surface area contributed by atoms with Crippen molar-refractivity contribution in [3.05, 3.63) is 462 Å². The Morgan fingerprint density at radius 1 is 0.295 bits per heavy atom. The minimum Gasteiger partial charge on any atom is -0.427 e. The van der Waals surface area contributed by atoms with Gasteiger partial charge in [-0.15, -0.1) is 0 Å². The Balaban J connectivity index is 0.000000126. The summed E-state index contributed by atoms with van der Waals surface area (Å²) in [5.74, 6) is 2.90. The fourth-order valence-corrected chi connectivity index (χ4v) is 19.7. The quantitative estimate of drug-likeness (QED) is 0.108. The predicted molar refractivity (Wildman–Crippen MR) is 530 cm³/mol. The average molecular weight is 1720 g/mol. The van der Waals surface area contributed by atoms with Gasteiger partial charge >= 0.3 is 7.48 Å². The van der Waals surface area contributed by atoms with Crippen LogP contribution in [0.1, 0.15) is 83.3 Å². The molecule has 0 aliphatic heterocycles. The van der Waals surface area contributed by atoms with Crippen molar-refractivity contribution in [3.63, 3.8) is 0 Å². The number of fused-ring (bicyclic) bond motifs is 24. The number of pyridine rings is 2. The Hall–Kier alpha value is -16.4. The van der Waals surface area contributed by atoms with Crippen LogP contribution in [0.3, 0.4) is 0 Å². The van der Waals surface area contributed by atoms with Gasteiger partial charge in [0.25, 0.3) is 0 Å². The van der Waals surface area contributed by atoms with E-state index in [2.05, 4.69) is 249 Å². The van der Waals surface area contributed by atoms with E-state index in [0.29, 0.717) is 40.2 Å². The highest BCUT2D eigenvalue weighted by atomic mass is 35.5. The summed E-state index contributed by atoms with van der Waals surface area (Å²) < 4.78 is 6.26. The molecule has 0 saturated heterocycles. The topological polar surface area (TPSA) is 180 Å². The number of benzene rings is 16. The second-order valence-corrected chi connectivity index (χ2v) is 35.0. The van der Waals surface area contributed by atoms with Crippen LogP contribution in [0.5, 0.6) is 0 Å². The van der Waals surface area contributed by atoms with E-state index in [4.69, 9.17) is 31.2 Å². The van der Waals surface area contributed by atoms with Gasteiger partial charge in [-0.1, -0.05) is 315 Å². The summed E-state index contributed by atoms with van der Waals surface area (Å²) >= 11 is 6.13. The van der Waals surface area contributed by atoms with Crippen molar-refractivity contribution < 1.29 is 9.76 Å². The van der Waals surface area contributed by atoms with E-state index in [9.17, 15) is 15.6 Å². The van der Waals surface area contributed by atoms with Crippen molar-refractivity contribution in [2.75, 3.05) is 0 Å². The molecule has 24 rings (SSSR count). The minimum atomic E-state index is -1.02. The van der Waals surface area contributed by atoms with Crippen LogP contribution in [-0.4, -0.2) is 63.7 Å². The van der Waals surface area contributed by atoms with Crippen molar-refractivity contribution >= 4 is 46.1 Å². The van der Waals surface area contributed by atoms with Crippen molar-refractivity contribution in [1.82, 2.24) is 39.9 Å². The molecule has 2 spiro atoms. The summed E-state index contributed by atoms with van der Waals surface area (Å²) in [6.45, 7) is 7.37. The van der Waals surface area contributed by atoms with Crippen LogP contribution in [0.25, 0.3) is 168 Å². The lowest BCUT2D eigenvalue weighted by Gasteiger charge is -2.37. The third-order valence-electron chi connectivity index (χ3n) is 26.6. The molecule has 0 bridgehead atoms. The number of aromatic nitrogens is 8. The van der Waals surface area contributed by atoms with Gasteiger partial charge in [0.1, 0.15) is 0 Å². The molecule has 1 radical (unpaired) electrons. The van der Waals surface area contributed by atoms with Crippen LogP contribution >= 0.6 is 11.6 Å². The monoisotopic (exact) mass is 1710 g/mol. The van der Waals surface area contributed by atoms with Crippen LogP contribution in [0.4, 0.5) is 0 Å². The zero-order valence-corrected chi connectivity index (χ0v) is 73.1. The van der Waals surface area contributed by atoms with Gasteiger partial charge in [-0.3, -0.25) is 9.97 Å². The van der Waals surface area contributed by atoms with Gasteiger partial charge in [-0.25, -0.2) is 19.9 Å². The predicted octanol–water partition coefficient (Wildman–Crippen LogP) is 26.4. The fourth-order valence-electron chi connectivity index (χ4n) is 19.6. The van der Waals surface area contributed by atoms with Crippen LogP contribution < -0.4 is 5.46 Å². The lowest BCUT2D eigenvalue weighted by molar-refractivity contribution is -0.0893. The first kappa shape index (κ1) is 81.4. The molecule has 16 aromatic carbocycles. The number of nitriles is 2. The second-order valence-electron chi connectivity index (χ2n) is 34.7. The largest absolute Gasteiger partial charge is 0.427 e. The van der Waals surface area contributed by atoms with Gasteiger partial charge in [0, 0.05) is 51.3 Å². The molecule has 4 aromatic heterocycles. The Labute approximate surface area is 770 Å². The van der Waals surface area contributed by atoms with E-state index in [0.717, 1.165) is 78.0 Å². The molecule has 4 heterocycles. The van der Waals surface area contributed by atoms with Gasteiger partial charge in [0.15, 0.2) is 29.1 Å². The molecule has 623 valence electrons. The van der Waals surface area contributed by atoms with E-state index < -0.39 is 22.0 Å². The van der Waals surface area contributed by atoms with E-state index in [1.165, 1.54) is 111 Å². The normalized spacial score (nSPS) is 14.2. The maximum Gasteiger partial charge on any atom is 0.330 e. The number of nitrogens with zero attached hydrogens (tertiary/aromatic N) is 10. The lowest BCUT2D eigenvalue weighted by atomic mass is 9.69. The number of aliphatic hydroxyl groups is 1. The molecule has 2 atom stereocenters. The molecule has 0 saturated carbocycles. The van der Waals surface area contributed by atoms with Crippen molar-refractivity contribution in [1.29, 1.82) is 10.5 Å². The number of rotatable bonds is 13.